The van der Waals surface area contributed by atoms with Crippen molar-refractivity contribution in [3.8, 4) is 0 Å². The normalized spacial score (nSPS) is 19.7. The number of hydrogen-bond donors (Lipinski definition) is 0. The van der Waals surface area contributed by atoms with Crippen LogP contribution in [0.15, 0.2) is 54.6 Å². The highest BCUT2D eigenvalue weighted by Crippen LogP contribution is 2.32. The van der Waals surface area contributed by atoms with Gasteiger partial charge in [0.15, 0.2) is 0 Å². The number of likely N-dealkylation sites (tertiary alicyclic amines) is 1. The third kappa shape index (κ3) is 4.99. The van der Waals surface area contributed by atoms with Crippen molar-refractivity contribution in [3.63, 3.8) is 0 Å². The maximum absolute atomic E-state index is 13.6. The van der Waals surface area contributed by atoms with Gasteiger partial charge in [-0.15, -0.1) is 0 Å². The molecule has 2 amide bonds. The number of amides is 2. The van der Waals surface area contributed by atoms with Gasteiger partial charge in [0.25, 0.3) is 0 Å². The Morgan fingerprint density at radius 2 is 1.65 bits per heavy atom. The first kappa shape index (κ1) is 21.6. The Balaban J connectivity index is 1.51. The molecule has 0 aromatic heterocycles. The van der Waals surface area contributed by atoms with Gasteiger partial charge in [-0.25, -0.2) is 0 Å². The van der Waals surface area contributed by atoms with E-state index in [1.165, 1.54) is 5.56 Å². The molecule has 0 bridgehead atoms. The van der Waals surface area contributed by atoms with Crippen molar-refractivity contribution in [2.45, 2.75) is 38.8 Å². The molecule has 31 heavy (non-hydrogen) atoms. The fourth-order valence-electron chi connectivity index (χ4n) is 4.72. The van der Waals surface area contributed by atoms with Gasteiger partial charge >= 0.3 is 0 Å². The van der Waals surface area contributed by atoms with Crippen LogP contribution in [0.25, 0.3) is 0 Å². The first-order valence-corrected chi connectivity index (χ1v) is 11.4. The summed E-state index contributed by atoms with van der Waals surface area (Å²) in [4.78, 5) is 32.6. The second-order valence-electron chi connectivity index (χ2n) is 9.07. The lowest BCUT2D eigenvalue weighted by Crippen LogP contribution is -2.50. The van der Waals surface area contributed by atoms with Gasteiger partial charge in [0.2, 0.25) is 11.8 Å². The molecule has 5 heteroatoms. The third-order valence-electron chi connectivity index (χ3n) is 6.74. The molecule has 2 aliphatic rings. The van der Waals surface area contributed by atoms with Crippen LogP contribution in [-0.4, -0.2) is 59.7 Å². The molecule has 0 N–H and O–H groups in total. The summed E-state index contributed by atoms with van der Waals surface area (Å²) in [6.07, 6.45) is 2.98. The van der Waals surface area contributed by atoms with Gasteiger partial charge in [-0.1, -0.05) is 61.5 Å². The Labute approximate surface area is 185 Å². The topological polar surface area (TPSA) is 43.9 Å². The average molecular weight is 420 g/mol. The molecule has 0 saturated carbocycles. The zero-order valence-corrected chi connectivity index (χ0v) is 18.7. The van der Waals surface area contributed by atoms with Gasteiger partial charge in [0, 0.05) is 33.2 Å². The molecule has 0 aliphatic carbocycles. The zero-order chi connectivity index (χ0) is 21.8. The Bertz CT molecular complexity index is 906. The molecular formula is C26H33N3O2. The van der Waals surface area contributed by atoms with Crippen LogP contribution in [0.4, 0.5) is 0 Å². The summed E-state index contributed by atoms with van der Waals surface area (Å²) in [5.74, 6) is 0.873. The highest BCUT2D eigenvalue weighted by molar-refractivity contribution is 5.85. The van der Waals surface area contributed by atoms with Crippen LogP contribution in [-0.2, 0) is 22.6 Å². The number of hydrogen-bond acceptors (Lipinski definition) is 3. The van der Waals surface area contributed by atoms with E-state index in [0.29, 0.717) is 12.5 Å². The summed E-state index contributed by atoms with van der Waals surface area (Å²) in [6.45, 7) is 5.45. The van der Waals surface area contributed by atoms with Gasteiger partial charge in [-0.05, 0) is 41.9 Å². The Hall–Kier alpha value is -2.66. The monoisotopic (exact) mass is 419 g/mol. The van der Waals surface area contributed by atoms with Gasteiger partial charge in [0.1, 0.15) is 6.04 Å². The largest absolute Gasteiger partial charge is 0.341 e. The van der Waals surface area contributed by atoms with E-state index in [1.807, 2.05) is 54.4 Å². The highest BCUT2D eigenvalue weighted by Gasteiger charge is 2.37. The summed E-state index contributed by atoms with van der Waals surface area (Å²) >= 11 is 0. The summed E-state index contributed by atoms with van der Waals surface area (Å²) in [7, 11) is 1.84. The summed E-state index contributed by atoms with van der Waals surface area (Å²) in [6, 6.07) is 17.9. The van der Waals surface area contributed by atoms with Crippen LogP contribution >= 0.6 is 0 Å². The van der Waals surface area contributed by atoms with Gasteiger partial charge < -0.3 is 9.80 Å². The van der Waals surface area contributed by atoms with Crippen LogP contribution in [0.1, 0.15) is 42.5 Å². The van der Waals surface area contributed by atoms with E-state index in [-0.39, 0.29) is 24.4 Å². The minimum Gasteiger partial charge on any atom is -0.341 e. The smallest absolute Gasteiger partial charge is 0.244 e. The fourth-order valence-corrected chi connectivity index (χ4v) is 4.72. The van der Waals surface area contributed by atoms with Crippen LogP contribution in [0.2, 0.25) is 0 Å². The van der Waals surface area contributed by atoms with E-state index in [1.54, 1.807) is 4.90 Å². The van der Waals surface area contributed by atoms with Gasteiger partial charge in [0.05, 0.1) is 6.54 Å². The van der Waals surface area contributed by atoms with E-state index in [4.69, 9.17) is 0 Å². The number of carbonyl (C=O) groups is 2. The highest BCUT2D eigenvalue weighted by atomic mass is 16.2. The molecule has 0 radical (unpaired) electrons. The first-order chi connectivity index (χ1) is 15.0. The number of nitrogens with zero attached hydrogens (tertiary/aromatic N) is 3. The predicted octanol–water partition coefficient (Wildman–Crippen LogP) is 3.50. The number of benzene rings is 2. The van der Waals surface area contributed by atoms with E-state index in [9.17, 15) is 9.59 Å². The maximum atomic E-state index is 13.6. The molecule has 1 fully saturated rings. The first-order valence-electron chi connectivity index (χ1n) is 11.4. The molecule has 1 atom stereocenters. The van der Waals surface area contributed by atoms with Crippen LogP contribution < -0.4 is 0 Å². The molecule has 5 nitrogen and oxygen atoms in total. The summed E-state index contributed by atoms with van der Waals surface area (Å²) in [5.41, 5.74) is 3.40. The molecule has 2 heterocycles. The van der Waals surface area contributed by atoms with Crippen molar-refractivity contribution in [2.75, 3.05) is 33.2 Å². The third-order valence-corrected chi connectivity index (χ3v) is 6.74. The van der Waals surface area contributed by atoms with E-state index in [0.717, 1.165) is 50.0 Å². The molecule has 1 saturated heterocycles. The Morgan fingerprint density at radius 3 is 2.39 bits per heavy atom. The molecular weight excluding hydrogens is 386 g/mol. The molecule has 4 rings (SSSR count). The number of fused-ring (bicyclic) bond motifs is 1. The average Bonchev–Trinajstić information content (AvgIpc) is 2.79. The number of carbonyl (C=O) groups excluding carboxylic acids is 2. The SMILES string of the molecule is CC1CCN(C(=O)C2c3ccccc3CCN2CC(=O)N(C)Cc2ccccc2)CC1. The quantitative estimate of drug-likeness (QED) is 0.745. The Kier molecular flexibility index (Phi) is 6.71. The van der Waals surface area contributed by atoms with Crippen molar-refractivity contribution >= 4 is 11.8 Å². The van der Waals surface area contributed by atoms with Gasteiger partial charge in [-0.2, -0.15) is 0 Å². The van der Waals surface area contributed by atoms with Crippen LogP contribution in [0.5, 0.6) is 0 Å². The van der Waals surface area contributed by atoms with Crippen molar-refractivity contribution in [2.24, 2.45) is 5.92 Å². The summed E-state index contributed by atoms with van der Waals surface area (Å²) < 4.78 is 0. The van der Waals surface area contributed by atoms with Gasteiger partial charge in [-0.3, -0.25) is 14.5 Å². The number of rotatable bonds is 5. The molecule has 164 valence electrons. The van der Waals surface area contributed by atoms with Crippen molar-refractivity contribution in [1.82, 2.24) is 14.7 Å². The molecule has 2 aliphatic heterocycles. The van der Waals surface area contributed by atoms with Crippen LogP contribution in [0, 0.1) is 5.92 Å². The number of piperidine rings is 1. The van der Waals surface area contributed by atoms with Crippen LogP contribution in [0.3, 0.4) is 0 Å². The zero-order valence-electron chi connectivity index (χ0n) is 18.7. The minimum atomic E-state index is -0.368. The number of likely N-dealkylation sites (N-methyl/N-ethyl adjacent to an activating group) is 1. The summed E-state index contributed by atoms with van der Waals surface area (Å²) in [5, 5.41) is 0. The standard InChI is InChI=1S/C26H33N3O2/c1-20-12-15-28(16-13-20)26(31)25-23-11-7-6-10-22(23)14-17-29(25)19-24(30)27(2)18-21-8-4-3-5-9-21/h3-11,20,25H,12-19H2,1-2H3. The van der Waals surface area contributed by atoms with Crippen molar-refractivity contribution < 1.29 is 9.59 Å². The van der Waals surface area contributed by atoms with E-state index in [2.05, 4.69) is 24.0 Å². The fraction of sp³-hybridized carbons (Fsp3) is 0.462. The Morgan fingerprint density at radius 1 is 0.968 bits per heavy atom. The van der Waals surface area contributed by atoms with Crippen molar-refractivity contribution in [1.29, 1.82) is 0 Å². The maximum Gasteiger partial charge on any atom is 0.244 e. The lowest BCUT2D eigenvalue weighted by Gasteiger charge is -2.40. The lowest BCUT2D eigenvalue weighted by molar-refractivity contribution is -0.141. The molecule has 2 aromatic carbocycles. The second kappa shape index (κ2) is 9.65. The minimum absolute atomic E-state index is 0.0494. The van der Waals surface area contributed by atoms with Crippen molar-refractivity contribution in [3.05, 3.63) is 71.3 Å². The van der Waals surface area contributed by atoms with E-state index >= 15 is 0 Å². The predicted molar refractivity (Wildman–Crippen MR) is 122 cm³/mol. The second-order valence-corrected chi connectivity index (χ2v) is 9.07. The molecule has 0 spiro atoms. The molecule has 1 unspecified atom stereocenters. The molecule has 2 aromatic rings. The van der Waals surface area contributed by atoms with E-state index < -0.39 is 0 Å². The lowest BCUT2D eigenvalue weighted by atomic mass is 9.90.